The van der Waals surface area contributed by atoms with Crippen LogP contribution < -0.4 is 5.32 Å². The van der Waals surface area contributed by atoms with Crippen LogP contribution in [0.15, 0.2) is 24.3 Å². The average molecular weight is 310 g/mol. The Labute approximate surface area is 129 Å². The molecule has 0 aliphatic heterocycles. The molecule has 0 radical (unpaired) electrons. The van der Waals surface area contributed by atoms with E-state index in [1.807, 2.05) is 18.2 Å². The first-order chi connectivity index (χ1) is 9.94. The minimum Gasteiger partial charge on any atom is -0.480 e. The lowest BCUT2D eigenvalue weighted by Gasteiger charge is -2.27. The summed E-state index contributed by atoms with van der Waals surface area (Å²) in [5.41, 5.74) is -0.177. The minimum absolute atomic E-state index is 0.223. The van der Waals surface area contributed by atoms with E-state index in [1.165, 1.54) is 0 Å². The van der Waals surface area contributed by atoms with Gasteiger partial charge in [0.2, 0.25) is 5.91 Å². The summed E-state index contributed by atoms with van der Waals surface area (Å²) < 4.78 is 0. The molecule has 1 aliphatic rings. The summed E-state index contributed by atoms with van der Waals surface area (Å²) >= 11 is 6.10. The van der Waals surface area contributed by atoms with Crippen LogP contribution in [0.4, 0.5) is 0 Å². The van der Waals surface area contributed by atoms with Gasteiger partial charge in [-0.25, -0.2) is 4.79 Å². The molecule has 5 heteroatoms. The van der Waals surface area contributed by atoms with E-state index < -0.39 is 11.5 Å². The Bertz CT molecular complexity index is 538. The quantitative estimate of drug-likeness (QED) is 0.878. The van der Waals surface area contributed by atoms with Crippen molar-refractivity contribution in [2.24, 2.45) is 5.92 Å². The fourth-order valence-corrected chi connectivity index (χ4v) is 3.03. The second kappa shape index (κ2) is 6.48. The molecule has 0 spiro atoms. The van der Waals surface area contributed by atoms with Gasteiger partial charge in [0.05, 0.1) is 0 Å². The smallest absolute Gasteiger partial charge is 0.329 e. The van der Waals surface area contributed by atoms with Crippen LogP contribution in [0.5, 0.6) is 0 Å². The molecule has 1 aliphatic carbocycles. The second-order valence-corrected chi connectivity index (χ2v) is 6.19. The Morgan fingerprint density at radius 1 is 1.33 bits per heavy atom. The number of aliphatic carboxylic acids is 1. The second-order valence-electron chi connectivity index (χ2n) is 5.78. The molecule has 1 fully saturated rings. The van der Waals surface area contributed by atoms with Gasteiger partial charge in [0.1, 0.15) is 5.54 Å². The van der Waals surface area contributed by atoms with Crippen molar-refractivity contribution in [3.8, 4) is 0 Å². The van der Waals surface area contributed by atoms with E-state index in [0.29, 0.717) is 24.3 Å². The van der Waals surface area contributed by atoms with Gasteiger partial charge < -0.3 is 10.4 Å². The molecule has 0 saturated heterocycles. The van der Waals surface area contributed by atoms with Gasteiger partial charge >= 0.3 is 5.97 Å². The van der Waals surface area contributed by atoms with E-state index in [-0.39, 0.29) is 11.8 Å². The topological polar surface area (TPSA) is 66.4 Å². The number of hydrogen-bond donors (Lipinski definition) is 2. The maximum atomic E-state index is 12.3. The molecular formula is C16H20ClNO3. The van der Waals surface area contributed by atoms with Gasteiger partial charge in [-0.1, -0.05) is 49.6 Å². The SMILES string of the molecule is CC(Cc1ccccc1Cl)C(=O)NC1(C(=O)O)CCCC1. The first-order valence-electron chi connectivity index (χ1n) is 7.23. The lowest BCUT2D eigenvalue weighted by atomic mass is 9.94. The molecule has 1 unspecified atom stereocenters. The summed E-state index contributed by atoms with van der Waals surface area (Å²) in [5.74, 6) is -1.47. The van der Waals surface area contributed by atoms with Crippen molar-refractivity contribution < 1.29 is 14.7 Å². The van der Waals surface area contributed by atoms with E-state index in [0.717, 1.165) is 18.4 Å². The monoisotopic (exact) mass is 309 g/mol. The normalized spacial score (nSPS) is 18.2. The van der Waals surface area contributed by atoms with E-state index in [2.05, 4.69) is 5.32 Å². The molecule has 1 atom stereocenters. The third kappa shape index (κ3) is 3.56. The predicted molar refractivity (Wildman–Crippen MR) is 81.3 cm³/mol. The Balaban J connectivity index is 2.03. The Hall–Kier alpha value is -1.55. The number of nitrogens with one attached hydrogen (secondary N) is 1. The third-order valence-electron chi connectivity index (χ3n) is 4.16. The van der Waals surface area contributed by atoms with Crippen molar-refractivity contribution in [1.29, 1.82) is 0 Å². The van der Waals surface area contributed by atoms with Crippen molar-refractivity contribution >= 4 is 23.5 Å². The van der Waals surface area contributed by atoms with Gasteiger partial charge in [-0.2, -0.15) is 0 Å². The van der Waals surface area contributed by atoms with Gasteiger partial charge in [0.25, 0.3) is 0 Å². The van der Waals surface area contributed by atoms with Crippen LogP contribution in [0.2, 0.25) is 5.02 Å². The summed E-state index contributed by atoms with van der Waals surface area (Å²) in [6.07, 6.45) is 3.19. The zero-order valence-electron chi connectivity index (χ0n) is 12.1. The number of carboxylic acids is 1. The molecule has 0 bridgehead atoms. The third-order valence-corrected chi connectivity index (χ3v) is 4.53. The Kier molecular flexibility index (Phi) is 4.88. The number of carbonyl (C=O) groups is 2. The van der Waals surface area contributed by atoms with E-state index in [4.69, 9.17) is 11.6 Å². The van der Waals surface area contributed by atoms with E-state index in [9.17, 15) is 14.7 Å². The molecule has 21 heavy (non-hydrogen) atoms. The maximum absolute atomic E-state index is 12.3. The number of halogens is 1. The van der Waals surface area contributed by atoms with E-state index >= 15 is 0 Å². The molecule has 4 nitrogen and oxygen atoms in total. The molecule has 1 saturated carbocycles. The average Bonchev–Trinajstić information content (AvgIpc) is 2.91. The number of benzene rings is 1. The molecule has 0 aromatic heterocycles. The first-order valence-corrected chi connectivity index (χ1v) is 7.61. The minimum atomic E-state index is -1.08. The maximum Gasteiger partial charge on any atom is 0.329 e. The molecule has 114 valence electrons. The van der Waals surface area contributed by atoms with Crippen LogP contribution in [0.1, 0.15) is 38.2 Å². The lowest BCUT2D eigenvalue weighted by Crippen LogP contribution is -2.54. The molecule has 2 rings (SSSR count). The summed E-state index contributed by atoms with van der Waals surface area (Å²) in [7, 11) is 0. The van der Waals surface area contributed by atoms with Crippen LogP contribution in [0, 0.1) is 5.92 Å². The fourth-order valence-electron chi connectivity index (χ4n) is 2.82. The summed E-state index contributed by atoms with van der Waals surface area (Å²) in [6.45, 7) is 1.79. The fraction of sp³-hybridized carbons (Fsp3) is 0.500. The van der Waals surface area contributed by atoms with Crippen LogP contribution >= 0.6 is 11.6 Å². The molecule has 1 aromatic carbocycles. The van der Waals surface area contributed by atoms with Gasteiger partial charge in [0, 0.05) is 10.9 Å². The Morgan fingerprint density at radius 2 is 1.95 bits per heavy atom. The van der Waals surface area contributed by atoms with Crippen LogP contribution in [0.3, 0.4) is 0 Å². The van der Waals surface area contributed by atoms with Gasteiger partial charge in [-0.3, -0.25) is 4.79 Å². The zero-order chi connectivity index (χ0) is 15.5. The number of hydrogen-bond acceptors (Lipinski definition) is 2. The zero-order valence-corrected chi connectivity index (χ0v) is 12.8. The van der Waals surface area contributed by atoms with Crippen LogP contribution in [-0.4, -0.2) is 22.5 Å². The number of rotatable bonds is 5. The number of carbonyl (C=O) groups excluding carboxylic acids is 1. The van der Waals surface area contributed by atoms with Crippen molar-refractivity contribution in [3.63, 3.8) is 0 Å². The van der Waals surface area contributed by atoms with Gasteiger partial charge in [-0.05, 0) is 30.9 Å². The van der Waals surface area contributed by atoms with Gasteiger partial charge in [0.15, 0.2) is 0 Å². The first kappa shape index (κ1) is 15.8. The lowest BCUT2D eigenvalue weighted by molar-refractivity contribution is -0.148. The van der Waals surface area contributed by atoms with Crippen LogP contribution in [-0.2, 0) is 16.0 Å². The highest BCUT2D eigenvalue weighted by molar-refractivity contribution is 6.31. The molecule has 1 aromatic rings. The highest BCUT2D eigenvalue weighted by atomic mass is 35.5. The Morgan fingerprint density at radius 3 is 2.52 bits per heavy atom. The van der Waals surface area contributed by atoms with Crippen LogP contribution in [0.25, 0.3) is 0 Å². The predicted octanol–water partition coefficient (Wildman–Crippen LogP) is 3.03. The summed E-state index contributed by atoms with van der Waals surface area (Å²) in [4.78, 5) is 23.8. The van der Waals surface area contributed by atoms with Crippen molar-refractivity contribution in [1.82, 2.24) is 5.32 Å². The standard InChI is InChI=1S/C16H20ClNO3/c1-11(10-12-6-2-3-7-13(12)17)14(19)18-16(15(20)21)8-4-5-9-16/h2-3,6-7,11H,4-5,8-10H2,1H3,(H,18,19)(H,20,21). The molecule has 1 amide bonds. The largest absolute Gasteiger partial charge is 0.480 e. The molecular weight excluding hydrogens is 290 g/mol. The molecule has 0 heterocycles. The van der Waals surface area contributed by atoms with Gasteiger partial charge in [-0.15, -0.1) is 0 Å². The molecule has 2 N–H and O–H groups in total. The summed E-state index contributed by atoms with van der Waals surface area (Å²) in [5, 5.41) is 12.8. The highest BCUT2D eigenvalue weighted by Crippen LogP contribution is 2.30. The highest BCUT2D eigenvalue weighted by Gasteiger charge is 2.43. The van der Waals surface area contributed by atoms with E-state index in [1.54, 1.807) is 13.0 Å². The van der Waals surface area contributed by atoms with Crippen molar-refractivity contribution in [2.75, 3.05) is 0 Å². The van der Waals surface area contributed by atoms with Crippen molar-refractivity contribution in [2.45, 2.75) is 44.6 Å². The summed E-state index contributed by atoms with van der Waals surface area (Å²) in [6, 6.07) is 7.39. The number of carboxylic acid groups (broad SMARTS) is 1. The number of amides is 1. The van der Waals surface area contributed by atoms with Crippen molar-refractivity contribution in [3.05, 3.63) is 34.9 Å².